The fraction of sp³-hybridized carbons (Fsp3) is 0.562. The van der Waals surface area contributed by atoms with E-state index in [9.17, 15) is 4.79 Å². The second-order valence-corrected chi connectivity index (χ2v) is 6.24. The number of hydrogen-bond donors (Lipinski definition) is 1. The van der Waals surface area contributed by atoms with Gasteiger partial charge in [-0.15, -0.1) is 0 Å². The molecule has 0 unspecified atom stereocenters. The predicted molar refractivity (Wildman–Crippen MR) is 81.4 cm³/mol. The number of aromatic nitrogens is 3. The van der Waals surface area contributed by atoms with Crippen molar-refractivity contribution < 1.29 is 9.32 Å². The summed E-state index contributed by atoms with van der Waals surface area (Å²) >= 11 is 0. The quantitative estimate of drug-likeness (QED) is 0.941. The molecule has 2 aromatic heterocycles. The van der Waals surface area contributed by atoms with Gasteiger partial charge < -0.3 is 14.4 Å². The number of imidazole rings is 1. The predicted octanol–water partition coefficient (Wildman–Crippen LogP) is 2.41. The standard InChI is InChI=1S/C16H22N4O2/c1-10(2)13(15-17-8-9-20(15)3)18-16(21)14-11-6-4-5-7-12(11)19-22-14/h8-10,13H,4-7H2,1-3H3,(H,18,21)/t13-/m0/s1. The van der Waals surface area contributed by atoms with Crippen molar-refractivity contribution in [3.05, 3.63) is 35.2 Å². The van der Waals surface area contributed by atoms with Gasteiger partial charge in [0.15, 0.2) is 0 Å². The van der Waals surface area contributed by atoms with Gasteiger partial charge in [-0.3, -0.25) is 4.79 Å². The average Bonchev–Trinajstić information content (AvgIpc) is 3.10. The number of amides is 1. The zero-order valence-corrected chi connectivity index (χ0v) is 13.3. The molecular formula is C16H22N4O2. The molecule has 0 saturated heterocycles. The fourth-order valence-electron chi connectivity index (χ4n) is 2.98. The molecule has 1 atom stereocenters. The first-order valence-electron chi connectivity index (χ1n) is 7.83. The summed E-state index contributed by atoms with van der Waals surface area (Å²) in [6, 6.07) is -0.156. The first-order valence-corrected chi connectivity index (χ1v) is 7.83. The van der Waals surface area contributed by atoms with E-state index in [2.05, 4.69) is 29.3 Å². The maximum atomic E-state index is 12.6. The van der Waals surface area contributed by atoms with E-state index in [1.807, 2.05) is 17.8 Å². The monoisotopic (exact) mass is 302 g/mol. The van der Waals surface area contributed by atoms with Gasteiger partial charge in [0.2, 0.25) is 5.76 Å². The van der Waals surface area contributed by atoms with Crippen LogP contribution in [0.25, 0.3) is 0 Å². The Morgan fingerprint density at radius 1 is 1.36 bits per heavy atom. The van der Waals surface area contributed by atoms with E-state index in [1.54, 1.807) is 6.20 Å². The number of carbonyl (C=O) groups excluding carboxylic acids is 1. The Morgan fingerprint density at radius 2 is 2.14 bits per heavy atom. The molecule has 0 aliphatic heterocycles. The molecule has 0 radical (unpaired) electrons. The molecule has 6 nitrogen and oxygen atoms in total. The molecule has 0 aromatic carbocycles. The minimum atomic E-state index is -0.197. The van der Waals surface area contributed by atoms with E-state index in [0.717, 1.165) is 42.8 Å². The summed E-state index contributed by atoms with van der Waals surface area (Å²) in [5.74, 6) is 1.24. The van der Waals surface area contributed by atoms with Crippen molar-refractivity contribution in [2.24, 2.45) is 13.0 Å². The molecule has 0 fully saturated rings. The van der Waals surface area contributed by atoms with E-state index < -0.39 is 0 Å². The Kier molecular flexibility index (Phi) is 4.00. The highest BCUT2D eigenvalue weighted by Crippen LogP contribution is 2.25. The SMILES string of the molecule is CC(C)[C@H](NC(=O)c1onc2c1CCCC2)c1nccn1C. The van der Waals surface area contributed by atoms with Crippen LogP contribution < -0.4 is 5.32 Å². The van der Waals surface area contributed by atoms with Gasteiger partial charge >= 0.3 is 0 Å². The third kappa shape index (κ3) is 2.65. The van der Waals surface area contributed by atoms with Gasteiger partial charge in [-0.2, -0.15) is 0 Å². The number of hydrogen-bond acceptors (Lipinski definition) is 4. The molecule has 22 heavy (non-hydrogen) atoms. The summed E-state index contributed by atoms with van der Waals surface area (Å²) in [4.78, 5) is 17.0. The van der Waals surface area contributed by atoms with Crippen molar-refractivity contribution in [3.8, 4) is 0 Å². The van der Waals surface area contributed by atoms with Gasteiger partial charge in [0, 0.05) is 25.0 Å². The van der Waals surface area contributed by atoms with Crippen LogP contribution in [0.5, 0.6) is 0 Å². The van der Waals surface area contributed by atoms with Gasteiger partial charge in [0.05, 0.1) is 11.7 Å². The van der Waals surface area contributed by atoms with Crippen LogP contribution in [0, 0.1) is 5.92 Å². The number of nitrogens with zero attached hydrogens (tertiary/aromatic N) is 3. The molecule has 1 aliphatic carbocycles. The maximum absolute atomic E-state index is 12.6. The highest BCUT2D eigenvalue weighted by atomic mass is 16.5. The molecule has 6 heteroatoms. The topological polar surface area (TPSA) is 73.0 Å². The van der Waals surface area contributed by atoms with Crippen molar-refractivity contribution in [2.45, 2.75) is 45.6 Å². The lowest BCUT2D eigenvalue weighted by Crippen LogP contribution is -2.33. The molecule has 1 amide bonds. The smallest absolute Gasteiger partial charge is 0.290 e. The van der Waals surface area contributed by atoms with E-state index in [4.69, 9.17) is 4.52 Å². The highest BCUT2D eigenvalue weighted by Gasteiger charge is 2.28. The van der Waals surface area contributed by atoms with Crippen molar-refractivity contribution >= 4 is 5.91 Å². The molecule has 0 bridgehead atoms. The Morgan fingerprint density at radius 3 is 2.82 bits per heavy atom. The summed E-state index contributed by atoms with van der Waals surface area (Å²) in [5, 5.41) is 7.11. The van der Waals surface area contributed by atoms with Crippen LogP contribution >= 0.6 is 0 Å². The van der Waals surface area contributed by atoms with Crippen molar-refractivity contribution in [1.82, 2.24) is 20.0 Å². The lowest BCUT2D eigenvalue weighted by atomic mass is 9.95. The van der Waals surface area contributed by atoms with E-state index in [-0.39, 0.29) is 17.9 Å². The summed E-state index contributed by atoms with van der Waals surface area (Å²) in [7, 11) is 1.93. The van der Waals surface area contributed by atoms with Gasteiger partial charge in [-0.1, -0.05) is 19.0 Å². The van der Waals surface area contributed by atoms with Crippen molar-refractivity contribution in [1.29, 1.82) is 0 Å². The Balaban J connectivity index is 1.83. The van der Waals surface area contributed by atoms with Gasteiger partial charge in [0.1, 0.15) is 5.82 Å². The summed E-state index contributed by atoms with van der Waals surface area (Å²) in [6.45, 7) is 4.13. The van der Waals surface area contributed by atoms with E-state index in [1.165, 1.54) is 0 Å². The molecule has 118 valence electrons. The number of aryl methyl sites for hydroxylation is 2. The molecule has 1 N–H and O–H groups in total. The molecule has 2 heterocycles. The van der Waals surface area contributed by atoms with Gasteiger partial charge in [0.25, 0.3) is 5.91 Å². The Hall–Kier alpha value is -2.11. The zero-order chi connectivity index (χ0) is 15.7. The third-order valence-corrected chi connectivity index (χ3v) is 4.26. The fourth-order valence-corrected chi connectivity index (χ4v) is 2.98. The number of fused-ring (bicyclic) bond motifs is 1. The van der Waals surface area contributed by atoms with Crippen LogP contribution in [0.1, 0.15) is 60.4 Å². The molecule has 0 saturated carbocycles. The van der Waals surface area contributed by atoms with E-state index >= 15 is 0 Å². The van der Waals surface area contributed by atoms with Crippen LogP contribution in [0.15, 0.2) is 16.9 Å². The lowest BCUT2D eigenvalue weighted by Gasteiger charge is -2.21. The highest BCUT2D eigenvalue weighted by molar-refractivity contribution is 5.93. The number of nitrogens with one attached hydrogen (secondary N) is 1. The Bertz CT molecular complexity index is 671. The molecule has 2 aromatic rings. The molecule has 3 rings (SSSR count). The number of carbonyl (C=O) groups is 1. The van der Waals surface area contributed by atoms with Crippen molar-refractivity contribution in [2.75, 3.05) is 0 Å². The van der Waals surface area contributed by atoms with Crippen LogP contribution in [-0.2, 0) is 19.9 Å². The minimum Gasteiger partial charge on any atom is -0.350 e. The van der Waals surface area contributed by atoms with Crippen molar-refractivity contribution in [3.63, 3.8) is 0 Å². The maximum Gasteiger partial charge on any atom is 0.290 e. The Labute approximate surface area is 129 Å². The minimum absolute atomic E-state index is 0.156. The summed E-state index contributed by atoms with van der Waals surface area (Å²) < 4.78 is 7.25. The van der Waals surface area contributed by atoms with Crippen LogP contribution in [-0.4, -0.2) is 20.6 Å². The second-order valence-electron chi connectivity index (χ2n) is 6.24. The second kappa shape index (κ2) is 5.94. The largest absolute Gasteiger partial charge is 0.350 e. The summed E-state index contributed by atoms with van der Waals surface area (Å²) in [5.41, 5.74) is 1.92. The first kappa shape index (κ1) is 14.8. The zero-order valence-electron chi connectivity index (χ0n) is 13.3. The third-order valence-electron chi connectivity index (χ3n) is 4.26. The first-order chi connectivity index (χ1) is 10.6. The molecule has 1 aliphatic rings. The average molecular weight is 302 g/mol. The number of rotatable bonds is 4. The molecular weight excluding hydrogens is 280 g/mol. The summed E-state index contributed by atoms with van der Waals surface area (Å²) in [6.07, 6.45) is 7.60. The molecule has 0 spiro atoms. The van der Waals surface area contributed by atoms with Gasteiger partial charge in [-0.05, 0) is 31.6 Å². The van der Waals surface area contributed by atoms with Crippen LogP contribution in [0.4, 0.5) is 0 Å². The lowest BCUT2D eigenvalue weighted by molar-refractivity contribution is 0.0883. The van der Waals surface area contributed by atoms with Crippen LogP contribution in [0.2, 0.25) is 0 Å². The van der Waals surface area contributed by atoms with Crippen LogP contribution in [0.3, 0.4) is 0 Å². The normalized spacial score (nSPS) is 15.6. The van der Waals surface area contributed by atoms with Gasteiger partial charge in [-0.25, -0.2) is 4.98 Å². The van der Waals surface area contributed by atoms with E-state index in [0.29, 0.717) is 5.76 Å².